The number of hydrogen-bond donors (Lipinski definition) is 2. The Kier molecular flexibility index (Phi) is 7.37. The van der Waals surface area contributed by atoms with Gasteiger partial charge in [0, 0.05) is 0 Å². The third kappa shape index (κ3) is 5.58. The van der Waals surface area contributed by atoms with Crippen molar-refractivity contribution in [3.05, 3.63) is 64.1 Å². The summed E-state index contributed by atoms with van der Waals surface area (Å²) >= 11 is 4.95. The Bertz CT molecular complexity index is 1110. The van der Waals surface area contributed by atoms with E-state index in [1.807, 2.05) is 0 Å². The number of carbonyl (C=O) groups excluding carboxylic acids is 2. The van der Waals surface area contributed by atoms with Crippen molar-refractivity contribution >= 4 is 46.3 Å². The highest BCUT2D eigenvalue weighted by atomic mass is 32.1. The van der Waals surface area contributed by atoms with E-state index in [-0.39, 0.29) is 30.1 Å². The molecular formula is C22H22FN3O5S. The first-order chi connectivity index (χ1) is 15.3. The van der Waals surface area contributed by atoms with E-state index >= 15 is 0 Å². The van der Waals surface area contributed by atoms with Gasteiger partial charge >= 0.3 is 12.1 Å². The van der Waals surface area contributed by atoms with Gasteiger partial charge < -0.3 is 20.1 Å². The summed E-state index contributed by atoms with van der Waals surface area (Å²) in [6, 6.07) is 9.54. The van der Waals surface area contributed by atoms with Gasteiger partial charge in [0.2, 0.25) is 5.43 Å². The number of cyclic esters (lactones) is 1. The van der Waals surface area contributed by atoms with Crippen LogP contribution in [0.5, 0.6) is 0 Å². The predicted octanol–water partition coefficient (Wildman–Crippen LogP) is 3.37. The highest BCUT2D eigenvalue weighted by Crippen LogP contribution is 2.27. The smallest absolute Gasteiger partial charge is 0.414 e. The first kappa shape index (κ1) is 23.1. The van der Waals surface area contributed by atoms with Crippen LogP contribution in [0, 0.1) is 5.82 Å². The summed E-state index contributed by atoms with van der Waals surface area (Å²) in [5.74, 6) is -1.28. The number of nitrogens with one attached hydrogen (secondary N) is 2. The molecule has 1 aliphatic rings. The third-order valence-electron chi connectivity index (χ3n) is 4.59. The van der Waals surface area contributed by atoms with Crippen LogP contribution < -0.4 is 21.0 Å². The molecule has 0 aliphatic carbocycles. The highest BCUT2D eigenvalue weighted by Gasteiger charge is 2.32. The zero-order valence-electron chi connectivity index (χ0n) is 17.5. The molecule has 2 aromatic carbocycles. The van der Waals surface area contributed by atoms with Crippen LogP contribution in [0.25, 0.3) is 0 Å². The van der Waals surface area contributed by atoms with Crippen molar-refractivity contribution in [3.8, 4) is 0 Å². The Hall–Kier alpha value is -3.53. The van der Waals surface area contributed by atoms with Gasteiger partial charge in [-0.15, -0.1) is 0 Å². The van der Waals surface area contributed by atoms with Crippen molar-refractivity contribution in [3.63, 3.8) is 0 Å². The molecule has 10 heteroatoms. The zero-order valence-corrected chi connectivity index (χ0v) is 18.3. The van der Waals surface area contributed by atoms with Crippen LogP contribution in [0.3, 0.4) is 0 Å². The number of halogens is 1. The number of anilines is 3. The number of benzene rings is 1. The van der Waals surface area contributed by atoms with Gasteiger partial charge in [0.05, 0.1) is 47.3 Å². The minimum Gasteiger partial charge on any atom is -0.462 e. The van der Waals surface area contributed by atoms with Crippen molar-refractivity contribution in [1.82, 2.24) is 5.32 Å². The number of thiocarbonyl (C=S) groups is 1. The van der Waals surface area contributed by atoms with Crippen LogP contribution in [0.4, 0.5) is 26.2 Å². The van der Waals surface area contributed by atoms with Gasteiger partial charge in [-0.1, -0.05) is 18.3 Å². The van der Waals surface area contributed by atoms with E-state index < -0.39 is 29.4 Å². The number of hydrogen-bond acceptors (Lipinski definition) is 7. The zero-order chi connectivity index (χ0) is 23.3. The predicted molar refractivity (Wildman–Crippen MR) is 122 cm³/mol. The lowest BCUT2D eigenvalue weighted by molar-refractivity contribution is 0.0526. The molecule has 8 nitrogen and oxygen atoms in total. The summed E-state index contributed by atoms with van der Waals surface area (Å²) in [6.45, 7) is 4.17. The number of amides is 1. The summed E-state index contributed by atoms with van der Waals surface area (Å²) in [6.07, 6.45) is -1.01. The van der Waals surface area contributed by atoms with Crippen LogP contribution in [0.1, 0.15) is 24.2 Å². The maximum atomic E-state index is 14.8. The van der Waals surface area contributed by atoms with Crippen molar-refractivity contribution < 1.29 is 23.5 Å². The summed E-state index contributed by atoms with van der Waals surface area (Å²) in [5.41, 5.74) is 0.0459. The van der Waals surface area contributed by atoms with E-state index in [1.165, 1.54) is 47.4 Å². The first-order valence-electron chi connectivity index (χ1n) is 9.89. The average molecular weight is 459 g/mol. The summed E-state index contributed by atoms with van der Waals surface area (Å²) in [5, 5.41) is 5.65. The van der Waals surface area contributed by atoms with Crippen molar-refractivity contribution in [2.45, 2.75) is 20.0 Å². The number of esters is 1. The molecule has 168 valence electrons. The molecule has 0 aromatic heterocycles. The maximum Gasteiger partial charge on any atom is 0.414 e. The molecule has 1 atom stereocenters. The van der Waals surface area contributed by atoms with E-state index in [0.29, 0.717) is 17.2 Å². The number of ether oxygens (including phenoxy) is 2. The lowest BCUT2D eigenvalue weighted by Crippen LogP contribution is -2.32. The van der Waals surface area contributed by atoms with Crippen LogP contribution in [0.15, 0.2) is 47.3 Å². The van der Waals surface area contributed by atoms with Crippen molar-refractivity contribution in [1.29, 1.82) is 0 Å². The third-order valence-corrected chi connectivity index (χ3v) is 4.73. The van der Waals surface area contributed by atoms with Gasteiger partial charge in [0.1, 0.15) is 11.9 Å². The normalized spacial score (nSPS) is 15.2. The summed E-state index contributed by atoms with van der Waals surface area (Å²) < 4.78 is 25.0. The topological polar surface area (TPSA) is 97.0 Å². The van der Waals surface area contributed by atoms with Gasteiger partial charge in [-0.05, 0) is 50.2 Å². The summed E-state index contributed by atoms with van der Waals surface area (Å²) in [7, 11) is 0. The molecule has 1 aliphatic heterocycles. The fraction of sp³-hybridized carbons (Fsp3) is 0.273. The first-order valence-corrected chi connectivity index (χ1v) is 10.3. The second-order valence-electron chi connectivity index (χ2n) is 6.97. The fourth-order valence-electron chi connectivity index (χ4n) is 3.06. The molecule has 2 N–H and O–H groups in total. The van der Waals surface area contributed by atoms with Gasteiger partial charge in [-0.2, -0.15) is 0 Å². The lowest BCUT2D eigenvalue weighted by atomic mass is 10.2. The molecule has 2 aromatic rings. The lowest BCUT2D eigenvalue weighted by Gasteiger charge is -2.15. The van der Waals surface area contributed by atoms with Crippen molar-refractivity contribution in [2.75, 3.05) is 29.9 Å². The minimum atomic E-state index is -0.685. The van der Waals surface area contributed by atoms with Gasteiger partial charge in [-0.3, -0.25) is 9.69 Å². The average Bonchev–Trinajstić information content (AvgIpc) is 3.02. The SMILES string of the molecule is CCOC(=O)c1cccc(=O)c(Nc2ccc(N3C[C@H](CNC(C)=S)OC3=O)cc2F)c1. The van der Waals surface area contributed by atoms with E-state index in [9.17, 15) is 18.8 Å². The largest absolute Gasteiger partial charge is 0.462 e. The molecular weight excluding hydrogens is 437 g/mol. The van der Waals surface area contributed by atoms with Crippen LogP contribution in [-0.4, -0.2) is 42.9 Å². The molecule has 0 bridgehead atoms. The number of carbonyl (C=O) groups is 2. The van der Waals surface area contributed by atoms with Gasteiger partial charge in [0.15, 0.2) is 0 Å². The second-order valence-corrected chi connectivity index (χ2v) is 7.58. The fourth-order valence-corrected chi connectivity index (χ4v) is 3.14. The van der Waals surface area contributed by atoms with E-state index in [1.54, 1.807) is 13.8 Å². The summed E-state index contributed by atoms with van der Waals surface area (Å²) in [4.78, 5) is 38.4. The second kappa shape index (κ2) is 10.2. The van der Waals surface area contributed by atoms with E-state index in [2.05, 4.69) is 10.6 Å². The molecule has 0 saturated carbocycles. The van der Waals surface area contributed by atoms with Crippen LogP contribution in [-0.2, 0) is 9.47 Å². The molecule has 3 rings (SSSR count). The number of rotatable bonds is 7. The van der Waals surface area contributed by atoms with E-state index in [4.69, 9.17) is 21.7 Å². The molecule has 0 spiro atoms. The molecule has 1 saturated heterocycles. The van der Waals surface area contributed by atoms with Crippen molar-refractivity contribution in [2.24, 2.45) is 0 Å². The maximum absolute atomic E-state index is 14.8. The molecule has 1 heterocycles. The molecule has 1 amide bonds. The van der Waals surface area contributed by atoms with Gasteiger partial charge in [0.25, 0.3) is 0 Å². The Morgan fingerprint density at radius 2 is 2.03 bits per heavy atom. The Labute approximate surface area is 189 Å². The quantitative estimate of drug-likeness (QED) is 0.481. The van der Waals surface area contributed by atoms with Gasteiger partial charge in [-0.25, -0.2) is 14.0 Å². The molecule has 32 heavy (non-hydrogen) atoms. The molecule has 1 fully saturated rings. The van der Waals surface area contributed by atoms with Crippen LogP contribution in [0.2, 0.25) is 0 Å². The Morgan fingerprint density at radius 3 is 2.72 bits per heavy atom. The standard InChI is InChI=1S/C22H22FN3O5S/c1-3-30-21(28)14-5-4-6-20(27)19(9-14)25-18-8-7-15(10-17(18)23)26-12-16(31-22(26)29)11-24-13(2)32/h4-10,16H,3,11-12H2,1-2H3,(H,24,32)(H,25,27)/t16-/m0/s1. The molecule has 0 unspecified atom stereocenters. The Balaban J connectivity index is 1.79. The van der Waals surface area contributed by atoms with Crippen LogP contribution >= 0.6 is 12.2 Å². The minimum absolute atomic E-state index is 0.00644. The Morgan fingerprint density at radius 1 is 1.25 bits per heavy atom. The molecule has 0 radical (unpaired) electrons. The monoisotopic (exact) mass is 459 g/mol. The number of nitrogens with zero attached hydrogens (tertiary/aromatic N) is 1. The van der Waals surface area contributed by atoms with E-state index in [0.717, 1.165) is 0 Å². The highest BCUT2D eigenvalue weighted by molar-refractivity contribution is 7.80.